The number of carbonyl (C=O) groups excluding carboxylic acids is 2. The summed E-state index contributed by atoms with van der Waals surface area (Å²) in [6.45, 7) is 4.04. The zero-order valence-corrected chi connectivity index (χ0v) is 13.3. The van der Waals surface area contributed by atoms with Gasteiger partial charge in [0.1, 0.15) is 5.41 Å². The van der Waals surface area contributed by atoms with Gasteiger partial charge in [-0.1, -0.05) is 17.7 Å². The fourth-order valence-corrected chi connectivity index (χ4v) is 2.89. The molecule has 22 heavy (non-hydrogen) atoms. The van der Waals surface area contributed by atoms with Crippen LogP contribution in [0.15, 0.2) is 18.2 Å². The highest BCUT2D eigenvalue weighted by atomic mass is 35.5. The van der Waals surface area contributed by atoms with Gasteiger partial charge in [0.2, 0.25) is 11.8 Å². The van der Waals surface area contributed by atoms with Crippen molar-refractivity contribution in [2.75, 3.05) is 31.6 Å². The van der Waals surface area contributed by atoms with Crippen LogP contribution in [-0.4, -0.2) is 43.0 Å². The number of rotatable bonds is 3. The Labute approximate surface area is 134 Å². The van der Waals surface area contributed by atoms with Crippen LogP contribution in [0.5, 0.6) is 0 Å². The van der Waals surface area contributed by atoms with Crippen LogP contribution >= 0.6 is 11.6 Å². The lowest BCUT2D eigenvalue weighted by atomic mass is 10.0. The second-order valence-corrected chi connectivity index (χ2v) is 6.26. The molecule has 0 radical (unpaired) electrons. The fourth-order valence-electron chi connectivity index (χ4n) is 2.72. The van der Waals surface area contributed by atoms with Crippen LogP contribution in [0.25, 0.3) is 0 Å². The third kappa shape index (κ3) is 2.71. The van der Waals surface area contributed by atoms with Gasteiger partial charge in [0.15, 0.2) is 0 Å². The fraction of sp³-hybridized carbons (Fsp3) is 0.500. The molecule has 1 aromatic carbocycles. The Morgan fingerprint density at radius 3 is 2.59 bits per heavy atom. The van der Waals surface area contributed by atoms with E-state index in [4.69, 9.17) is 16.3 Å². The predicted molar refractivity (Wildman–Crippen MR) is 83.9 cm³/mol. The number of anilines is 1. The number of morpholine rings is 1. The minimum absolute atomic E-state index is 0.0759. The van der Waals surface area contributed by atoms with E-state index < -0.39 is 5.41 Å². The van der Waals surface area contributed by atoms with Crippen LogP contribution in [0.3, 0.4) is 0 Å². The van der Waals surface area contributed by atoms with Crippen molar-refractivity contribution in [2.24, 2.45) is 5.41 Å². The van der Waals surface area contributed by atoms with Gasteiger partial charge < -0.3 is 15.0 Å². The van der Waals surface area contributed by atoms with Crippen molar-refractivity contribution in [2.45, 2.75) is 19.8 Å². The van der Waals surface area contributed by atoms with E-state index in [0.717, 1.165) is 5.56 Å². The van der Waals surface area contributed by atoms with Gasteiger partial charge in [0.05, 0.1) is 13.2 Å². The number of carbonyl (C=O) groups is 2. The standard InChI is InChI=1S/C16H19ClN2O3/c1-11-12(17)3-2-4-13(11)18-14(20)16(5-6-16)15(21)19-7-9-22-10-8-19/h2-4H,5-10H2,1H3,(H,18,20). The third-order valence-electron chi connectivity index (χ3n) is 4.41. The molecule has 1 aromatic rings. The smallest absolute Gasteiger partial charge is 0.240 e. The lowest BCUT2D eigenvalue weighted by Gasteiger charge is -2.30. The lowest BCUT2D eigenvalue weighted by molar-refractivity contribution is -0.145. The summed E-state index contributed by atoms with van der Waals surface area (Å²) in [7, 11) is 0. The molecule has 2 fully saturated rings. The average Bonchev–Trinajstić information content (AvgIpc) is 3.34. The van der Waals surface area contributed by atoms with Gasteiger partial charge in [-0.3, -0.25) is 9.59 Å². The number of ether oxygens (including phenoxy) is 1. The summed E-state index contributed by atoms with van der Waals surface area (Å²) in [5, 5.41) is 3.47. The molecule has 0 atom stereocenters. The van der Waals surface area contributed by atoms with E-state index in [1.807, 2.05) is 6.92 Å². The summed E-state index contributed by atoms with van der Waals surface area (Å²) >= 11 is 6.07. The molecule has 6 heteroatoms. The number of nitrogens with one attached hydrogen (secondary N) is 1. The average molecular weight is 323 g/mol. The largest absolute Gasteiger partial charge is 0.378 e. The van der Waals surface area contributed by atoms with Gasteiger partial charge in [-0.05, 0) is 37.5 Å². The molecule has 118 valence electrons. The Hall–Kier alpha value is -1.59. The summed E-state index contributed by atoms with van der Waals surface area (Å²) in [4.78, 5) is 27.0. The molecule has 5 nitrogen and oxygen atoms in total. The molecule has 1 heterocycles. The molecule has 1 saturated carbocycles. The number of hydrogen-bond acceptors (Lipinski definition) is 3. The topological polar surface area (TPSA) is 58.6 Å². The van der Waals surface area contributed by atoms with E-state index in [2.05, 4.69) is 5.32 Å². The van der Waals surface area contributed by atoms with Crippen molar-refractivity contribution in [3.63, 3.8) is 0 Å². The van der Waals surface area contributed by atoms with Gasteiger partial charge in [0.25, 0.3) is 0 Å². The quantitative estimate of drug-likeness (QED) is 0.868. The number of benzene rings is 1. The molecule has 2 aliphatic rings. The van der Waals surface area contributed by atoms with Crippen LogP contribution in [0.1, 0.15) is 18.4 Å². The van der Waals surface area contributed by atoms with Gasteiger partial charge >= 0.3 is 0 Å². The maximum atomic E-state index is 12.6. The van der Waals surface area contributed by atoms with E-state index in [1.54, 1.807) is 23.1 Å². The van der Waals surface area contributed by atoms with Crippen LogP contribution < -0.4 is 5.32 Å². The van der Waals surface area contributed by atoms with Gasteiger partial charge in [-0.25, -0.2) is 0 Å². The highest BCUT2D eigenvalue weighted by Gasteiger charge is 2.58. The monoisotopic (exact) mass is 322 g/mol. The van der Waals surface area contributed by atoms with Crippen molar-refractivity contribution >= 4 is 29.1 Å². The van der Waals surface area contributed by atoms with Gasteiger partial charge in [-0.2, -0.15) is 0 Å². The maximum Gasteiger partial charge on any atom is 0.240 e. The minimum Gasteiger partial charge on any atom is -0.378 e. The van der Waals surface area contributed by atoms with E-state index >= 15 is 0 Å². The molecule has 0 aromatic heterocycles. The Bertz CT molecular complexity index is 607. The molecule has 3 rings (SSSR count). The maximum absolute atomic E-state index is 12.6. The molecule has 1 aliphatic heterocycles. The van der Waals surface area contributed by atoms with E-state index in [9.17, 15) is 9.59 Å². The number of halogens is 1. The molecular weight excluding hydrogens is 304 g/mol. The number of nitrogens with zero attached hydrogens (tertiary/aromatic N) is 1. The van der Waals surface area contributed by atoms with Crippen molar-refractivity contribution in [1.29, 1.82) is 0 Å². The van der Waals surface area contributed by atoms with Gasteiger partial charge in [-0.15, -0.1) is 0 Å². The van der Waals surface area contributed by atoms with Crippen molar-refractivity contribution < 1.29 is 14.3 Å². The molecule has 2 amide bonds. The molecule has 1 saturated heterocycles. The molecule has 0 unspecified atom stereocenters. The first-order valence-electron chi connectivity index (χ1n) is 7.48. The first kappa shape index (κ1) is 15.3. The highest BCUT2D eigenvalue weighted by molar-refractivity contribution is 6.31. The van der Waals surface area contributed by atoms with Crippen molar-refractivity contribution in [3.05, 3.63) is 28.8 Å². The summed E-state index contributed by atoms with van der Waals surface area (Å²) in [5.41, 5.74) is 0.581. The molecule has 1 N–H and O–H groups in total. The molecule has 1 aliphatic carbocycles. The van der Waals surface area contributed by atoms with Crippen molar-refractivity contribution in [1.82, 2.24) is 4.90 Å². The van der Waals surface area contributed by atoms with Crippen LogP contribution in [-0.2, 0) is 14.3 Å². The highest BCUT2D eigenvalue weighted by Crippen LogP contribution is 2.48. The molecule has 0 spiro atoms. The van der Waals surface area contributed by atoms with Crippen LogP contribution in [0.2, 0.25) is 5.02 Å². The first-order chi connectivity index (χ1) is 10.5. The Kier molecular flexibility index (Phi) is 4.10. The lowest BCUT2D eigenvalue weighted by Crippen LogP contribution is -2.47. The molecule has 0 bridgehead atoms. The van der Waals surface area contributed by atoms with E-state index in [-0.39, 0.29) is 11.8 Å². The van der Waals surface area contributed by atoms with Gasteiger partial charge in [0, 0.05) is 23.8 Å². The number of amides is 2. The summed E-state index contributed by atoms with van der Waals surface area (Å²) < 4.78 is 5.26. The SMILES string of the molecule is Cc1c(Cl)cccc1NC(=O)C1(C(=O)N2CCOCC2)CC1. The Balaban J connectivity index is 1.73. The van der Waals surface area contributed by atoms with E-state index in [0.29, 0.717) is 49.9 Å². The second-order valence-electron chi connectivity index (χ2n) is 5.85. The first-order valence-corrected chi connectivity index (χ1v) is 7.86. The summed E-state index contributed by atoms with van der Waals surface area (Å²) in [6, 6.07) is 5.36. The zero-order valence-electron chi connectivity index (χ0n) is 12.5. The minimum atomic E-state index is -0.897. The molecular formula is C16H19ClN2O3. The zero-order chi connectivity index (χ0) is 15.7. The van der Waals surface area contributed by atoms with Crippen molar-refractivity contribution in [3.8, 4) is 0 Å². The van der Waals surface area contributed by atoms with E-state index in [1.165, 1.54) is 0 Å². The van der Waals surface area contributed by atoms with Crippen LogP contribution in [0.4, 0.5) is 5.69 Å². The Morgan fingerprint density at radius 1 is 1.27 bits per heavy atom. The number of hydrogen-bond donors (Lipinski definition) is 1. The second kappa shape index (κ2) is 5.89. The predicted octanol–water partition coefficient (Wildman–Crippen LogP) is 2.23. The third-order valence-corrected chi connectivity index (χ3v) is 4.82. The summed E-state index contributed by atoms with van der Waals surface area (Å²) in [5.74, 6) is -0.303. The Morgan fingerprint density at radius 2 is 1.95 bits per heavy atom. The normalized spacial score (nSPS) is 19.6. The summed E-state index contributed by atoms with van der Waals surface area (Å²) in [6.07, 6.45) is 1.21. The van der Waals surface area contributed by atoms with Crippen LogP contribution in [0, 0.1) is 12.3 Å².